The van der Waals surface area contributed by atoms with Gasteiger partial charge in [-0.25, -0.2) is 0 Å². The molecule has 0 aliphatic carbocycles. The summed E-state index contributed by atoms with van der Waals surface area (Å²) in [6.07, 6.45) is 4.63. The third kappa shape index (κ3) is 2.72. The van der Waals surface area contributed by atoms with Crippen molar-refractivity contribution in [2.45, 2.75) is 52.0 Å². The number of piperidine rings is 1. The van der Waals surface area contributed by atoms with E-state index in [1.165, 1.54) is 19.4 Å². The summed E-state index contributed by atoms with van der Waals surface area (Å²) in [5, 5.41) is 8.92. The molecule has 1 unspecified atom stereocenters. The molecule has 2 nitrogen and oxygen atoms in total. The first-order valence-corrected chi connectivity index (χ1v) is 5.75. The third-order valence-corrected chi connectivity index (χ3v) is 3.31. The molecular weight excluding hydrogens is 172 g/mol. The van der Waals surface area contributed by atoms with Crippen molar-refractivity contribution in [3.63, 3.8) is 0 Å². The molecule has 0 radical (unpaired) electrons. The SMILES string of the molecule is CCCCN1CCC(C#N)CC1(C)C. The van der Waals surface area contributed by atoms with Crippen molar-refractivity contribution >= 4 is 0 Å². The number of hydrogen-bond donors (Lipinski definition) is 0. The van der Waals surface area contributed by atoms with E-state index >= 15 is 0 Å². The van der Waals surface area contributed by atoms with Crippen molar-refractivity contribution in [1.82, 2.24) is 4.90 Å². The lowest BCUT2D eigenvalue weighted by molar-refractivity contribution is 0.0590. The molecule has 0 aromatic carbocycles. The molecule has 2 heteroatoms. The van der Waals surface area contributed by atoms with Crippen LogP contribution in [0.2, 0.25) is 0 Å². The minimum absolute atomic E-state index is 0.230. The maximum absolute atomic E-state index is 8.92. The van der Waals surface area contributed by atoms with Crippen LogP contribution in [0.3, 0.4) is 0 Å². The second kappa shape index (κ2) is 4.79. The monoisotopic (exact) mass is 194 g/mol. The van der Waals surface area contributed by atoms with Gasteiger partial charge in [0.15, 0.2) is 0 Å². The molecule has 1 atom stereocenters. The Hall–Kier alpha value is -0.550. The largest absolute Gasteiger partial charge is 0.298 e. The molecule has 1 saturated heterocycles. The summed E-state index contributed by atoms with van der Waals surface area (Å²) < 4.78 is 0. The van der Waals surface area contributed by atoms with E-state index in [-0.39, 0.29) is 11.5 Å². The quantitative estimate of drug-likeness (QED) is 0.690. The van der Waals surface area contributed by atoms with Gasteiger partial charge in [0, 0.05) is 11.5 Å². The zero-order valence-electron chi connectivity index (χ0n) is 9.71. The van der Waals surface area contributed by atoms with E-state index in [1.807, 2.05) is 0 Å². The molecule has 0 spiro atoms. The van der Waals surface area contributed by atoms with Crippen LogP contribution in [0.15, 0.2) is 0 Å². The van der Waals surface area contributed by atoms with Gasteiger partial charge in [-0.1, -0.05) is 13.3 Å². The Kier molecular flexibility index (Phi) is 3.95. The zero-order valence-corrected chi connectivity index (χ0v) is 9.71. The molecule has 1 fully saturated rings. The maximum atomic E-state index is 8.92. The van der Waals surface area contributed by atoms with Crippen LogP contribution in [0.4, 0.5) is 0 Å². The molecule has 14 heavy (non-hydrogen) atoms. The standard InChI is InChI=1S/C12H22N2/c1-4-5-7-14-8-6-11(10-13)9-12(14,2)3/h11H,4-9H2,1-3H3. The van der Waals surface area contributed by atoms with Crippen molar-refractivity contribution in [3.8, 4) is 6.07 Å². The molecule has 80 valence electrons. The van der Waals surface area contributed by atoms with Crippen molar-refractivity contribution in [1.29, 1.82) is 5.26 Å². The first-order chi connectivity index (χ1) is 6.60. The minimum Gasteiger partial charge on any atom is -0.298 e. The third-order valence-electron chi connectivity index (χ3n) is 3.31. The fraction of sp³-hybridized carbons (Fsp3) is 0.917. The van der Waals surface area contributed by atoms with Gasteiger partial charge in [-0.2, -0.15) is 5.26 Å². The van der Waals surface area contributed by atoms with Gasteiger partial charge in [0.25, 0.3) is 0 Å². The maximum Gasteiger partial charge on any atom is 0.0657 e. The molecule has 0 aromatic heterocycles. The second-order valence-corrected chi connectivity index (χ2v) is 4.97. The predicted octanol–water partition coefficient (Wildman–Crippen LogP) is 2.80. The van der Waals surface area contributed by atoms with Gasteiger partial charge in [-0.3, -0.25) is 4.90 Å². The highest BCUT2D eigenvalue weighted by atomic mass is 15.2. The van der Waals surface area contributed by atoms with Crippen molar-refractivity contribution in [2.75, 3.05) is 13.1 Å². The van der Waals surface area contributed by atoms with E-state index in [1.54, 1.807) is 0 Å². The highest BCUT2D eigenvalue weighted by Crippen LogP contribution is 2.31. The average molecular weight is 194 g/mol. The normalized spacial score (nSPS) is 27.1. The summed E-state index contributed by atoms with van der Waals surface area (Å²) in [7, 11) is 0. The van der Waals surface area contributed by atoms with Gasteiger partial charge in [0.05, 0.1) is 6.07 Å². The van der Waals surface area contributed by atoms with Crippen LogP contribution in [-0.4, -0.2) is 23.5 Å². The van der Waals surface area contributed by atoms with E-state index in [2.05, 4.69) is 31.7 Å². The number of unbranched alkanes of at least 4 members (excludes halogenated alkanes) is 1. The summed E-state index contributed by atoms with van der Waals surface area (Å²) >= 11 is 0. The zero-order chi connectivity index (χ0) is 10.6. The van der Waals surface area contributed by atoms with E-state index in [4.69, 9.17) is 5.26 Å². The fourth-order valence-electron chi connectivity index (χ4n) is 2.32. The smallest absolute Gasteiger partial charge is 0.0657 e. The van der Waals surface area contributed by atoms with Gasteiger partial charge >= 0.3 is 0 Å². The second-order valence-electron chi connectivity index (χ2n) is 4.97. The molecule has 0 aromatic rings. The Balaban J connectivity index is 2.50. The lowest BCUT2D eigenvalue weighted by Crippen LogP contribution is -2.50. The first kappa shape index (κ1) is 11.5. The lowest BCUT2D eigenvalue weighted by atomic mass is 9.83. The minimum atomic E-state index is 0.230. The van der Waals surface area contributed by atoms with Crippen molar-refractivity contribution < 1.29 is 0 Å². The first-order valence-electron chi connectivity index (χ1n) is 5.75. The summed E-state index contributed by atoms with van der Waals surface area (Å²) in [6.45, 7) is 9.07. The lowest BCUT2D eigenvalue weighted by Gasteiger charge is -2.44. The number of nitriles is 1. The van der Waals surface area contributed by atoms with Gasteiger partial charge in [0.2, 0.25) is 0 Å². The number of nitrogens with zero attached hydrogens (tertiary/aromatic N) is 2. The van der Waals surface area contributed by atoms with Crippen LogP contribution in [0.5, 0.6) is 0 Å². The predicted molar refractivity (Wildman–Crippen MR) is 58.9 cm³/mol. The molecule has 0 N–H and O–H groups in total. The summed E-state index contributed by atoms with van der Waals surface area (Å²) in [5.41, 5.74) is 0.230. The Labute approximate surface area is 87.9 Å². The average Bonchev–Trinajstić information content (AvgIpc) is 2.15. The topological polar surface area (TPSA) is 27.0 Å². The molecule has 0 saturated carbocycles. The van der Waals surface area contributed by atoms with Gasteiger partial charge in [-0.05, 0) is 46.2 Å². The Bertz CT molecular complexity index is 215. The van der Waals surface area contributed by atoms with Gasteiger partial charge in [0.1, 0.15) is 0 Å². The molecular formula is C12H22N2. The van der Waals surface area contributed by atoms with Gasteiger partial charge in [-0.15, -0.1) is 0 Å². The van der Waals surface area contributed by atoms with Crippen molar-refractivity contribution in [3.05, 3.63) is 0 Å². The highest BCUT2D eigenvalue weighted by molar-refractivity contribution is 4.96. The molecule has 0 amide bonds. The molecule has 1 rings (SSSR count). The molecule has 0 bridgehead atoms. The van der Waals surface area contributed by atoms with Crippen LogP contribution in [0.1, 0.15) is 46.5 Å². The Morgan fingerprint density at radius 3 is 2.71 bits per heavy atom. The summed E-state index contributed by atoms with van der Waals surface area (Å²) in [6, 6.07) is 2.41. The van der Waals surface area contributed by atoms with Crippen LogP contribution < -0.4 is 0 Å². The van der Waals surface area contributed by atoms with E-state index < -0.39 is 0 Å². The van der Waals surface area contributed by atoms with Gasteiger partial charge < -0.3 is 0 Å². The molecule has 1 heterocycles. The van der Waals surface area contributed by atoms with Crippen LogP contribution in [-0.2, 0) is 0 Å². The van der Waals surface area contributed by atoms with E-state index in [9.17, 15) is 0 Å². The summed E-state index contributed by atoms with van der Waals surface area (Å²) in [5.74, 6) is 0.280. The van der Waals surface area contributed by atoms with Crippen LogP contribution >= 0.6 is 0 Å². The highest BCUT2D eigenvalue weighted by Gasteiger charge is 2.33. The molecule has 1 aliphatic rings. The summed E-state index contributed by atoms with van der Waals surface area (Å²) in [4.78, 5) is 2.55. The fourth-order valence-corrected chi connectivity index (χ4v) is 2.32. The Morgan fingerprint density at radius 1 is 1.50 bits per heavy atom. The van der Waals surface area contributed by atoms with Crippen LogP contribution in [0, 0.1) is 17.2 Å². The van der Waals surface area contributed by atoms with Crippen molar-refractivity contribution in [2.24, 2.45) is 5.92 Å². The Morgan fingerprint density at radius 2 is 2.21 bits per heavy atom. The van der Waals surface area contributed by atoms with Crippen LogP contribution in [0.25, 0.3) is 0 Å². The van der Waals surface area contributed by atoms with E-state index in [0.29, 0.717) is 0 Å². The number of rotatable bonds is 3. The molecule has 1 aliphatic heterocycles. The number of hydrogen-bond acceptors (Lipinski definition) is 2. The van der Waals surface area contributed by atoms with E-state index in [0.717, 1.165) is 19.4 Å². The number of likely N-dealkylation sites (tertiary alicyclic amines) is 1.